The van der Waals surface area contributed by atoms with Gasteiger partial charge >= 0.3 is 0 Å². The zero-order chi connectivity index (χ0) is 17.6. The summed E-state index contributed by atoms with van der Waals surface area (Å²) in [6.45, 7) is 0. The number of thiocarbonyl (C=S) groups is 1. The summed E-state index contributed by atoms with van der Waals surface area (Å²) in [5.74, 6) is 0. The summed E-state index contributed by atoms with van der Waals surface area (Å²) in [5, 5.41) is 16.4. The molecule has 0 aliphatic heterocycles. The van der Waals surface area contributed by atoms with Gasteiger partial charge in [0.15, 0.2) is 5.11 Å². The molecule has 122 valence electrons. The Hall–Kier alpha value is -1.93. The molecule has 24 heavy (non-hydrogen) atoms. The minimum atomic E-state index is -0.524. The molecule has 2 aromatic carbocycles. The number of nitrogens with two attached hydrogens (primary N) is 1. The second-order valence-electron chi connectivity index (χ2n) is 4.85. The highest BCUT2D eigenvalue weighted by atomic mass is 35.5. The van der Waals surface area contributed by atoms with Crippen LogP contribution in [0.4, 0.5) is 5.69 Å². The molecule has 0 heterocycles. The molecule has 1 aliphatic carbocycles. The number of halogens is 3. The Bertz CT molecular complexity index is 946. The van der Waals surface area contributed by atoms with Gasteiger partial charge in [0.05, 0.1) is 21.2 Å². The van der Waals surface area contributed by atoms with Crippen LogP contribution in [-0.4, -0.2) is 15.7 Å². The fraction of sp³-hybridized carbons (Fsp3) is 0. The molecule has 2 aromatic rings. The zero-order valence-corrected chi connectivity index (χ0v) is 14.7. The van der Waals surface area contributed by atoms with E-state index in [0.717, 1.165) is 0 Å². The molecule has 0 radical (unpaired) electrons. The highest BCUT2D eigenvalue weighted by Crippen LogP contribution is 2.48. The first-order valence-electron chi connectivity index (χ1n) is 6.41. The average Bonchev–Trinajstić information content (AvgIpc) is 2.77. The molecule has 0 amide bonds. The van der Waals surface area contributed by atoms with E-state index in [2.05, 4.69) is 10.5 Å². The number of hydrazone groups is 1. The van der Waals surface area contributed by atoms with E-state index in [0.29, 0.717) is 33.0 Å². The summed E-state index contributed by atoms with van der Waals surface area (Å²) in [4.78, 5) is 10.9. The van der Waals surface area contributed by atoms with Crippen molar-refractivity contribution in [3.05, 3.63) is 60.6 Å². The number of nitro benzene ring substituents is 1. The molecular formula is C14H7Cl3N4O2S. The Morgan fingerprint density at radius 1 is 1.12 bits per heavy atom. The van der Waals surface area contributed by atoms with Crippen LogP contribution in [-0.2, 0) is 0 Å². The predicted octanol–water partition coefficient (Wildman–Crippen LogP) is 4.12. The Morgan fingerprint density at radius 2 is 1.71 bits per heavy atom. The van der Waals surface area contributed by atoms with E-state index in [-0.39, 0.29) is 20.8 Å². The minimum Gasteiger partial charge on any atom is -0.375 e. The normalized spacial score (nSPS) is 13.5. The highest BCUT2D eigenvalue weighted by Gasteiger charge is 2.34. The molecule has 0 unspecified atom stereocenters. The van der Waals surface area contributed by atoms with Gasteiger partial charge in [-0.3, -0.25) is 15.5 Å². The van der Waals surface area contributed by atoms with Gasteiger partial charge in [0.2, 0.25) is 0 Å². The lowest BCUT2D eigenvalue weighted by Crippen LogP contribution is -2.25. The van der Waals surface area contributed by atoms with Crippen LogP contribution in [0.25, 0.3) is 11.1 Å². The van der Waals surface area contributed by atoms with Crippen molar-refractivity contribution in [3.8, 4) is 11.1 Å². The lowest BCUT2D eigenvalue weighted by molar-refractivity contribution is -0.384. The number of benzene rings is 2. The summed E-state index contributed by atoms with van der Waals surface area (Å²) in [5.41, 5.74) is 9.82. The number of fused-ring (bicyclic) bond motifs is 3. The van der Waals surface area contributed by atoms with Crippen LogP contribution in [0.2, 0.25) is 15.1 Å². The number of rotatable bonds is 2. The molecule has 0 saturated heterocycles. The molecular weight excluding hydrogens is 395 g/mol. The lowest BCUT2D eigenvalue weighted by atomic mass is 10.0. The first-order chi connectivity index (χ1) is 11.3. The monoisotopic (exact) mass is 400 g/mol. The van der Waals surface area contributed by atoms with E-state index in [1.54, 1.807) is 12.1 Å². The fourth-order valence-electron chi connectivity index (χ4n) is 2.58. The second-order valence-corrected chi connectivity index (χ2v) is 6.57. The highest BCUT2D eigenvalue weighted by molar-refractivity contribution is 7.80. The topological polar surface area (TPSA) is 93.5 Å². The van der Waals surface area contributed by atoms with Crippen LogP contribution >= 0.6 is 47.0 Å². The number of hydrogen-bond donors (Lipinski definition) is 2. The standard InChI is InChI=1S/C14H7Cl3N4O2S/c15-5-1-7-11(9(17)3-5)12-8(13(7)19-20-14(18)24)2-6(16)4-10(12)21(22)23/h1-4H,(H3,18,20,24)/b19-13+. The van der Waals surface area contributed by atoms with Crippen molar-refractivity contribution in [2.45, 2.75) is 0 Å². The first kappa shape index (κ1) is 16.9. The van der Waals surface area contributed by atoms with Gasteiger partial charge in [0.25, 0.3) is 5.69 Å². The van der Waals surface area contributed by atoms with Crippen molar-refractivity contribution >= 4 is 63.5 Å². The molecule has 0 fully saturated rings. The molecule has 3 N–H and O–H groups in total. The SMILES string of the molecule is NC(=S)N/N=C1\c2cc(Cl)cc(Cl)c2-c2c1cc(Cl)cc2[N+](=O)[O-]. The van der Waals surface area contributed by atoms with Gasteiger partial charge < -0.3 is 5.73 Å². The van der Waals surface area contributed by atoms with Gasteiger partial charge in [-0.25, -0.2) is 0 Å². The Kier molecular flexibility index (Phi) is 4.35. The third-order valence-electron chi connectivity index (χ3n) is 3.37. The van der Waals surface area contributed by atoms with E-state index in [1.807, 2.05) is 0 Å². The summed E-state index contributed by atoms with van der Waals surface area (Å²) in [7, 11) is 0. The van der Waals surface area contributed by atoms with Gasteiger partial charge in [-0.2, -0.15) is 5.10 Å². The molecule has 0 aromatic heterocycles. The van der Waals surface area contributed by atoms with Gasteiger partial charge in [-0.05, 0) is 30.4 Å². The van der Waals surface area contributed by atoms with Crippen LogP contribution in [0.3, 0.4) is 0 Å². The van der Waals surface area contributed by atoms with Crippen molar-refractivity contribution in [2.24, 2.45) is 10.8 Å². The molecule has 0 spiro atoms. The quantitative estimate of drug-likeness (QED) is 0.383. The number of nitrogens with one attached hydrogen (secondary N) is 1. The second kappa shape index (κ2) is 6.18. The predicted molar refractivity (Wildman–Crippen MR) is 99.1 cm³/mol. The maximum absolute atomic E-state index is 11.5. The maximum Gasteiger partial charge on any atom is 0.279 e. The molecule has 0 saturated carbocycles. The molecule has 6 nitrogen and oxygen atoms in total. The van der Waals surface area contributed by atoms with E-state index >= 15 is 0 Å². The summed E-state index contributed by atoms with van der Waals surface area (Å²) < 4.78 is 0. The van der Waals surface area contributed by atoms with Crippen molar-refractivity contribution in [3.63, 3.8) is 0 Å². The van der Waals surface area contributed by atoms with E-state index in [9.17, 15) is 10.1 Å². The van der Waals surface area contributed by atoms with Gasteiger partial charge in [-0.15, -0.1) is 0 Å². The van der Waals surface area contributed by atoms with Crippen LogP contribution in [0.5, 0.6) is 0 Å². The summed E-state index contributed by atoms with van der Waals surface area (Å²) in [6, 6.07) is 5.95. The summed E-state index contributed by atoms with van der Waals surface area (Å²) >= 11 is 23.1. The van der Waals surface area contributed by atoms with Crippen LogP contribution in [0, 0.1) is 10.1 Å². The smallest absolute Gasteiger partial charge is 0.279 e. The fourth-order valence-corrected chi connectivity index (χ4v) is 3.42. The molecule has 0 atom stereocenters. The van der Waals surface area contributed by atoms with E-state index in [1.165, 1.54) is 12.1 Å². The number of hydrogen-bond acceptors (Lipinski definition) is 4. The average molecular weight is 402 g/mol. The maximum atomic E-state index is 11.5. The zero-order valence-electron chi connectivity index (χ0n) is 11.6. The third kappa shape index (κ3) is 2.80. The Labute approximate surface area is 156 Å². The number of nitrogens with zero attached hydrogens (tertiary/aromatic N) is 2. The van der Waals surface area contributed by atoms with Gasteiger partial charge in [0.1, 0.15) is 0 Å². The minimum absolute atomic E-state index is 0.0536. The molecule has 1 aliphatic rings. The molecule has 10 heteroatoms. The molecule has 0 bridgehead atoms. The Morgan fingerprint density at radius 3 is 2.29 bits per heavy atom. The van der Waals surface area contributed by atoms with Crippen LogP contribution < -0.4 is 11.2 Å². The Balaban J connectivity index is 2.41. The lowest BCUT2D eigenvalue weighted by Gasteiger charge is -2.05. The van der Waals surface area contributed by atoms with Crippen molar-refractivity contribution in [1.82, 2.24) is 5.43 Å². The first-order valence-corrected chi connectivity index (χ1v) is 7.95. The van der Waals surface area contributed by atoms with Crippen molar-refractivity contribution in [1.29, 1.82) is 0 Å². The van der Waals surface area contributed by atoms with Crippen LogP contribution in [0.1, 0.15) is 11.1 Å². The summed E-state index contributed by atoms with van der Waals surface area (Å²) in [6.07, 6.45) is 0. The van der Waals surface area contributed by atoms with Crippen molar-refractivity contribution < 1.29 is 4.92 Å². The van der Waals surface area contributed by atoms with Gasteiger partial charge in [-0.1, -0.05) is 34.8 Å². The van der Waals surface area contributed by atoms with E-state index in [4.69, 9.17) is 52.8 Å². The largest absolute Gasteiger partial charge is 0.375 e. The molecule has 3 rings (SSSR count). The van der Waals surface area contributed by atoms with Crippen molar-refractivity contribution in [2.75, 3.05) is 0 Å². The number of nitro groups is 1. The van der Waals surface area contributed by atoms with Crippen LogP contribution in [0.15, 0.2) is 29.4 Å². The van der Waals surface area contributed by atoms with E-state index < -0.39 is 4.92 Å². The van der Waals surface area contributed by atoms with Gasteiger partial charge in [0, 0.05) is 32.8 Å². The third-order valence-corrected chi connectivity index (χ3v) is 4.20.